The van der Waals surface area contributed by atoms with Crippen LogP contribution in [0.3, 0.4) is 0 Å². The summed E-state index contributed by atoms with van der Waals surface area (Å²) < 4.78 is 5.34. The van der Waals surface area contributed by atoms with Gasteiger partial charge >= 0.3 is 0 Å². The maximum absolute atomic E-state index is 5.34. The van der Waals surface area contributed by atoms with Crippen molar-refractivity contribution in [3.63, 3.8) is 0 Å². The lowest BCUT2D eigenvalue weighted by molar-refractivity contribution is 0.170. The van der Waals surface area contributed by atoms with Crippen LogP contribution >= 0.6 is 0 Å². The van der Waals surface area contributed by atoms with Crippen LogP contribution in [0.5, 0.6) is 0 Å². The van der Waals surface area contributed by atoms with Crippen molar-refractivity contribution < 1.29 is 4.74 Å². The average Bonchev–Trinajstić information content (AvgIpc) is 2.10. The first-order valence-corrected chi connectivity index (χ1v) is 4.95. The van der Waals surface area contributed by atoms with Crippen LogP contribution < -0.4 is 0 Å². The Labute approximate surface area is 76.8 Å². The summed E-state index contributed by atoms with van der Waals surface area (Å²) in [6.45, 7) is 10.3. The van der Waals surface area contributed by atoms with Crippen molar-refractivity contribution in [2.24, 2.45) is 0 Å². The van der Waals surface area contributed by atoms with E-state index in [0.29, 0.717) is 0 Å². The van der Waals surface area contributed by atoms with E-state index in [-0.39, 0.29) is 0 Å². The van der Waals surface area contributed by atoms with Gasteiger partial charge in [-0.2, -0.15) is 0 Å². The van der Waals surface area contributed by atoms with Gasteiger partial charge in [-0.05, 0) is 39.2 Å². The molecule has 1 heteroatoms. The van der Waals surface area contributed by atoms with Crippen molar-refractivity contribution in [3.8, 4) is 0 Å². The molecular formula is C11H22O. The summed E-state index contributed by atoms with van der Waals surface area (Å²) in [6.07, 6.45) is 3.81. The average molecular weight is 170 g/mol. The van der Waals surface area contributed by atoms with E-state index in [2.05, 4.69) is 20.8 Å². The van der Waals surface area contributed by atoms with Crippen molar-refractivity contribution in [1.82, 2.24) is 0 Å². The molecule has 0 saturated heterocycles. The van der Waals surface area contributed by atoms with Gasteiger partial charge in [-0.3, -0.25) is 0 Å². The van der Waals surface area contributed by atoms with Gasteiger partial charge in [0.1, 0.15) is 0 Å². The minimum Gasteiger partial charge on any atom is -0.377 e. The van der Waals surface area contributed by atoms with Crippen LogP contribution in [0.25, 0.3) is 0 Å². The van der Waals surface area contributed by atoms with E-state index in [1.807, 2.05) is 6.92 Å². The minimum absolute atomic E-state index is 0.812. The molecule has 0 amide bonds. The highest BCUT2D eigenvalue weighted by Gasteiger charge is 1.96. The predicted octanol–water partition coefficient (Wildman–Crippen LogP) is 3.55. The monoisotopic (exact) mass is 170 g/mol. The summed E-state index contributed by atoms with van der Waals surface area (Å²) in [5.74, 6) is 0. The molecule has 12 heavy (non-hydrogen) atoms. The van der Waals surface area contributed by atoms with E-state index in [0.717, 1.165) is 13.2 Å². The largest absolute Gasteiger partial charge is 0.377 e. The van der Waals surface area contributed by atoms with Gasteiger partial charge in [0.2, 0.25) is 0 Å². The third-order valence-corrected chi connectivity index (χ3v) is 2.16. The zero-order valence-corrected chi connectivity index (χ0v) is 8.94. The lowest BCUT2D eigenvalue weighted by Gasteiger charge is -2.06. The fraction of sp³-hybridized carbons (Fsp3) is 0.818. The van der Waals surface area contributed by atoms with Crippen LogP contribution in [0.15, 0.2) is 11.1 Å². The van der Waals surface area contributed by atoms with Gasteiger partial charge in [-0.1, -0.05) is 18.9 Å². The summed E-state index contributed by atoms with van der Waals surface area (Å²) in [5, 5.41) is 0. The smallest absolute Gasteiger partial charge is 0.0676 e. The third-order valence-electron chi connectivity index (χ3n) is 2.16. The predicted molar refractivity (Wildman–Crippen MR) is 54.4 cm³/mol. The SMILES string of the molecule is CCCCC(C)=C(C)COCC. The Kier molecular flexibility index (Phi) is 7.17. The quantitative estimate of drug-likeness (QED) is 0.554. The maximum Gasteiger partial charge on any atom is 0.0676 e. The van der Waals surface area contributed by atoms with E-state index in [4.69, 9.17) is 4.74 Å². The molecular weight excluding hydrogens is 148 g/mol. The second kappa shape index (κ2) is 7.35. The van der Waals surface area contributed by atoms with E-state index < -0.39 is 0 Å². The summed E-state index contributed by atoms with van der Waals surface area (Å²) in [6, 6.07) is 0. The van der Waals surface area contributed by atoms with E-state index >= 15 is 0 Å². The second-order valence-electron chi connectivity index (χ2n) is 3.30. The molecule has 0 fully saturated rings. The van der Waals surface area contributed by atoms with Crippen molar-refractivity contribution in [1.29, 1.82) is 0 Å². The molecule has 0 aromatic rings. The van der Waals surface area contributed by atoms with Crippen molar-refractivity contribution >= 4 is 0 Å². The number of hydrogen-bond donors (Lipinski definition) is 0. The molecule has 0 bridgehead atoms. The summed E-state index contributed by atoms with van der Waals surface area (Å²) >= 11 is 0. The molecule has 0 radical (unpaired) electrons. The van der Waals surface area contributed by atoms with E-state index in [1.54, 1.807) is 0 Å². The minimum atomic E-state index is 0.812. The molecule has 0 rings (SSSR count). The molecule has 0 aliphatic carbocycles. The molecule has 0 N–H and O–H groups in total. The molecule has 0 aromatic carbocycles. The van der Waals surface area contributed by atoms with Gasteiger partial charge < -0.3 is 4.74 Å². The Morgan fingerprint density at radius 3 is 2.25 bits per heavy atom. The molecule has 0 spiro atoms. The van der Waals surface area contributed by atoms with Gasteiger partial charge in [-0.25, -0.2) is 0 Å². The first-order valence-electron chi connectivity index (χ1n) is 4.95. The molecule has 0 aliphatic rings. The lowest BCUT2D eigenvalue weighted by atomic mass is 10.1. The molecule has 0 atom stereocenters. The van der Waals surface area contributed by atoms with Crippen LogP contribution in [0.1, 0.15) is 47.0 Å². The highest BCUT2D eigenvalue weighted by molar-refractivity contribution is 5.09. The Balaban J connectivity index is 3.72. The number of hydrogen-bond acceptors (Lipinski definition) is 1. The number of rotatable bonds is 6. The Hall–Kier alpha value is -0.300. The van der Waals surface area contributed by atoms with Crippen molar-refractivity contribution in [3.05, 3.63) is 11.1 Å². The Bertz CT molecular complexity index is 120. The summed E-state index contributed by atoms with van der Waals surface area (Å²) in [7, 11) is 0. The van der Waals surface area contributed by atoms with Crippen LogP contribution in [0, 0.1) is 0 Å². The zero-order chi connectivity index (χ0) is 9.40. The highest BCUT2D eigenvalue weighted by atomic mass is 16.5. The van der Waals surface area contributed by atoms with E-state index in [9.17, 15) is 0 Å². The van der Waals surface area contributed by atoms with Crippen molar-refractivity contribution in [2.45, 2.75) is 47.0 Å². The van der Waals surface area contributed by atoms with Crippen molar-refractivity contribution in [2.75, 3.05) is 13.2 Å². The maximum atomic E-state index is 5.34. The van der Waals surface area contributed by atoms with Crippen LogP contribution in [-0.4, -0.2) is 13.2 Å². The lowest BCUT2D eigenvalue weighted by Crippen LogP contribution is -1.97. The topological polar surface area (TPSA) is 9.23 Å². The van der Waals surface area contributed by atoms with Gasteiger partial charge in [0.25, 0.3) is 0 Å². The first kappa shape index (κ1) is 11.7. The molecule has 0 aromatic heterocycles. The Morgan fingerprint density at radius 1 is 1.08 bits per heavy atom. The molecule has 72 valence electrons. The number of ether oxygens (including phenoxy) is 1. The fourth-order valence-corrected chi connectivity index (χ4v) is 1.03. The number of unbranched alkanes of at least 4 members (excludes halogenated alkanes) is 1. The first-order chi connectivity index (χ1) is 5.72. The van der Waals surface area contributed by atoms with Gasteiger partial charge in [-0.15, -0.1) is 0 Å². The van der Waals surface area contributed by atoms with Crippen LogP contribution in [0.2, 0.25) is 0 Å². The van der Waals surface area contributed by atoms with E-state index in [1.165, 1.54) is 30.4 Å². The standard InChI is InChI=1S/C11H22O/c1-5-7-8-10(3)11(4)9-12-6-2/h5-9H2,1-4H3. The van der Waals surface area contributed by atoms with Crippen LogP contribution in [0.4, 0.5) is 0 Å². The second-order valence-corrected chi connectivity index (χ2v) is 3.30. The van der Waals surface area contributed by atoms with Gasteiger partial charge in [0.15, 0.2) is 0 Å². The molecule has 0 heterocycles. The molecule has 0 saturated carbocycles. The number of allylic oxidation sites excluding steroid dienone is 1. The normalized spacial score (nSPS) is 13.0. The molecule has 0 aliphatic heterocycles. The fourth-order valence-electron chi connectivity index (χ4n) is 1.03. The highest BCUT2D eigenvalue weighted by Crippen LogP contribution is 2.11. The Morgan fingerprint density at radius 2 is 1.75 bits per heavy atom. The zero-order valence-electron chi connectivity index (χ0n) is 8.94. The molecule has 1 nitrogen and oxygen atoms in total. The van der Waals surface area contributed by atoms with Crippen LogP contribution in [-0.2, 0) is 4.74 Å². The summed E-state index contributed by atoms with van der Waals surface area (Å²) in [4.78, 5) is 0. The van der Waals surface area contributed by atoms with Gasteiger partial charge in [0, 0.05) is 6.61 Å². The summed E-state index contributed by atoms with van der Waals surface area (Å²) in [5.41, 5.74) is 2.91. The van der Waals surface area contributed by atoms with Gasteiger partial charge in [0.05, 0.1) is 6.61 Å². The molecule has 0 unspecified atom stereocenters. The third kappa shape index (κ3) is 5.36.